The van der Waals surface area contributed by atoms with E-state index >= 15 is 0 Å². The minimum Gasteiger partial charge on any atom is -0.495 e. The minimum absolute atomic E-state index is 0.563. The maximum atomic E-state index is 5.36. The first-order valence-electron chi connectivity index (χ1n) is 7.06. The Bertz CT molecular complexity index is 599. The number of methoxy groups -OCH3 is 1. The molecule has 0 saturated carbocycles. The highest BCUT2D eigenvalue weighted by molar-refractivity contribution is 5.66. The smallest absolute Gasteiger partial charge is 0.142 e. The molecule has 0 saturated heterocycles. The normalized spacial score (nSPS) is 10.5. The molecular weight excluding hydrogens is 264 g/mol. The van der Waals surface area contributed by atoms with E-state index in [0.29, 0.717) is 5.92 Å². The van der Waals surface area contributed by atoms with Crippen molar-refractivity contribution in [3.8, 4) is 5.75 Å². The van der Waals surface area contributed by atoms with E-state index in [1.165, 1.54) is 0 Å². The lowest BCUT2D eigenvalue weighted by Crippen LogP contribution is -2.09. The summed E-state index contributed by atoms with van der Waals surface area (Å²) in [7, 11) is 1.66. The van der Waals surface area contributed by atoms with Crippen molar-refractivity contribution in [3.05, 3.63) is 36.2 Å². The summed E-state index contributed by atoms with van der Waals surface area (Å²) in [5.41, 5.74) is 2.05. The molecule has 0 atom stereocenters. The Labute approximate surface area is 125 Å². The third-order valence-electron chi connectivity index (χ3n) is 2.98. The number of rotatable bonds is 6. The van der Waals surface area contributed by atoms with Crippen LogP contribution in [0.5, 0.6) is 5.75 Å². The zero-order chi connectivity index (χ0) is 15.2. The average molecular weight is 286 g/mol. The molecule has 2 rings (SSSR count). The fourth-order valence-electron chi connectivity index (χ4n) is 1.89. The van der Waals surface area contributed by atoms with Crippen LogP contribution in [-0.4, -0.2) is 23.6 Å². The van der Waals surface area contributed by atoms with Crippen LogP contribution in [0, 0.1) is 12.8 Å². The molecule has 5 heteroatoms. The number of benzene rings is 1. The average Bonchev–Trinajstić information content (AvgIpc) is 2.46. The third kappa shape index (κ3) is 4.34. The molecule has 0 amide bonds. The summed E-state index contributed by atoms with van der Waals surface area (Å²) in [6, 6.07) is 7.88. The highest BCUT2D eigenvalue weighted by Crippen LogP contribution is 2.28. The molecule has 2 N–H and O–H groups in total. The SMILES string of the molecule is COc1ccc(C)cc1Nc1cc(NCC(C)C)ncn1. The van der Waals surface area contributed by atoms with Crippen LogP contribution < -0.4 is 15.4 Å². The van der Waals surface area contributed by atoms with Crippen molar-refractivity contribution in [1.29, 1.82) is 0 Å². The minimum atomic E-state index is 0.563. The fourth-order valence-corrected chi connectivity index (χ4v) is 1.89. The summed E-state index contributed by atoms with van der Waals surface area (Å²) < 4.78 is 5.36. The molecule has 1 aromatic carbocycles. The van der Waals surface area contributed by atoms with Crippen molar-refractivity contribution in [2.24, 2.45) is 5.92 Å². The van der Waals surface area contributed by atoms with Gasteiger partial charge in [-0.2, -0.15) is 0 Å². The molecule has 0 bridgehead atoms. The Morgan fingerprint density at radius 3 is 2.62 bits per heavy atom. The zero-order valence-electron chi connectivity index (χ0n) is 13.0. The van der Waals surface area contributed by atoms with Crippen molar-refractivity contribution in [2.45, 2.75) is 20.8 Å². The number of nitrogens with one attached hydrogen (secondary N) is 2. The number of ether oxygens (including phenoxy) is 1. The molecule has 1 aromatic heterocycles. The van der Waals surface area contributed by atoms with E-state index in [2.05, 4.69) is 34.4 Å². The van der Waals surface area contributed by atoms with Gasteiger partial charge in [0.15, 0.2) is 0 Å². The lowest BCUT2D eigenvalue weighted by Gasteiger charge is -2.13. The number of nitrogens with zero attached hydrogens (tertiary/aromatic N) is 2. The van der Waals surface area contributed by atoms with Crippen molar-refractivity contribution in [2.75, 3.05) is 24.3 Å². The van der Waals surface area contributed by atoms with Gasteiger partial charge in [-0.1, -0.05) is 19.9 Å². The van der Waals surface area contributed by atoms with Crippen LogP contribution >= 0.6 is 0 Å². The highest BCUT2D eigenvalue weighted by Gasteiger charge is 2.05. The van der Waals surface area contributed by atoms with Crippen molar-refractivity contribution >= 4 is 17.3 Å². The first-order chi connectivity index (χ1) is 10.1. The number of hydrogen-bond donors (Lipinski definition) is 2. The molecule has 0 aliphatic rings. The van der Waals surface area contributed by atoms with Crippen molar-refractivity contribution in [1.82, 2.24) is 9.97 Å². The van der Waals surface area contributed by atoms with Crippen LogP contribution in [0.3, 0.4) is 0 Å². The third-order valence-corrected chi connectivity index (χ3v) is 2.98. The van der Waals surface area contributed by atoms with E-state index in [-0.39, 0.29) is 0 Å². The van der Waals surface area contributed by atoms with Gasteiger partial charge in [0.2, 0.25) is 0 Å². The molecule has 112 valence electrons. The second-order valence-electron chi connectivity index (χ2n) is 5.39. The second-order valence-corrected chi connectivity index (χ2v) is 5.39. The molecule has 5 nitrogen and oxygen atoms in total. The van der Waals surface area contributed by atoms with Crippen LogP contribution in [-0.2, 0) is 0 Å². The topological polar surface area (TPSA) is 59.1 Å². The summed E-state index contributed by atoms with van der Waals surface area (Å²) in [5, 5.41) is 6.56. The standard InChI is InChI=1S/C16H22N4O/c1-11(2)9-17-15-8-16(19-10-18-15)20-13-7-12(3)5-6-14(13)21-4/h5-8,10-11H,9H2,1-4H3,(H2,17,18,19,20). The van der Waals surface area contributed by atoms with Crippen molar-refractivity contribution in [3.63, 3.8) is 0 Å². The molecule has 0 aliphatic carbocycles. The van der Waals surface area contributed by atoms with E-state index in [4.69, 9.17) is 4.74 Å². The maximum absolute atomic E-state index is 5.36. The first-order valence-corrected chi connectivity index (χ1v) is 7.06. The molecule has 0 aliphatic heterocycles. The second kappa shape index (κ2) is 6.92. The van der Waals surface area contributed by atoms with Gasteiger partial charge in [0.05, 0.1) is 12.8 Å². The van der Waals surface area contributed by atoms with E-state index in [0.717, 1.165) is 35.2 Å². The summed E-state index contributed by atoms with van der Waals surface area (Å²) in [4.78, 5) is 8.47. The molecular formula is C16H22N4O. The summed E-state index contributed by atoms with van der Waals surface area (Å²) in [6.45, 7) is 7.24. The Kier molecular flexibility index (Phi) is 4.98. The van der Waals surface area contributed by atoms with Crippen LogP contribution in [0.15, 0.2) is 30.6 Å². The Balaban J connectivity index is 2.16. The summed E-state index contributed by atoms with van der Waals surface area (Å²) in [6.07, 6.45) is 1.55. The molecule has 21 heavy (non-hydrogen) atoms. The Morgan fingerprint density at radius 2 is 1.90 bits per heavy atom. The van der Waals surface area contributed by atoms with Gasteiger partial charge < -0.3 is 15.4 Å². The van der Waals surface area contributed by atoms with E-state index < -0.39 is 0 Å². The van der Waals surface area contributed by atoms with E-state index in [9.17, 15) is 0 Å². The Hall–Kier alpha value is -2.30. The predicted molar refractivity (Wildman–Crippen MR) is 86.4 cm³/mol. The largest absolute Gasteiger partial charge is 0.495 e. The Morgan fingerprint density at radius 1 is 1.14 bits per heavy atom. The molecule has 2 aromatic rings. The van der Waals surface area contributed by atoms with Crippen LogP contribution in [0.2, 0.25) is 0 Å². The van der Waals surface area contributed by atoms with Crippen LogP contribution in [0.25, 0.3) is 0 Å². The lowest BCUT2D eigenvalue weighted by molar-refractivity contribution is 0.416. The van der Waals surface area contributed by atoms with Gasteiger partial charge in [0, 0.05) is 12.6 Å². The number of anilines is 3. The number of aromatic nitrogens is 2. The maximum Gasteiger partial charge on any atom is 0.142 e. The van der Waals surface area contributed by atoms with Gasteiger partial charge in [0.1, 0.15) is 23.7 Å². The van der Waals surface area contributed by atoms with Gasteiger partial charge in [-0.05, 0) is 30.5 Å². The lowest BCUT2D eigenvalue weighted by atomic mass is 10.2. The van der Waals surface area contributed by atoms with Crippen LogP contribution in [0.1, 0.15) is 19.4 Å². The quantitative estimate of drug-likeness (QED) is 0.849. The van der Waals surface area contributed by atoms with E-state index in [1.807, 2.05) is 31.2 Å². The molecule has 0 fully saturated rings. The predicted octanol–water partition coefficient (Wildman–Crippen LogP) is 3.61. The summed E-state index contributed by atoms with van der Waals surface area (Å²) in [5.74, 6) is 2.90. The molecule has 0 spiro atoms. The number of aryl methyl sites for hydroxylation is 1. The van der Waals surface area contributed by atoms with Crippen LogP contribution in [0.4, 0.5) is 17.3 Å². The number of hydrogen-bond acceptors (Lipinski definition) is 5. The summed E-state index contributed by atoms with van der Waals surface area (Å²) >= 11 is 0. The molecule has 0 unspecified atom stereocenters. The molecule has 1 heterocycles. The van der Waals surface area contributed by atoms with E-state index in [1.54, 1.807) is 13.4 Å². The van der Waals surface area contributed by atoms with Gasteiger partial charge in [-0.15, -0.1) is 0 Å². The van der Waals surface area contributed by atoms with Gasteiger partial charge in [-0.3, -0.25) is 0 Å². The van der Waals surface area contributed by atoms with Crippen molar-refractivity contribution < 1.29 is 4.74 Å². The van der Waals surface area contributed by atoms with Gasteiger partial charge >= 0.3 is 0 Å². The monoisotopic (exact) mass is 286 g/mol. The highest BCUT2D eigenvalue weighted by atomic mass is 16.5. The zero-order valence-corrected chi connectivity index (χ0v) is 13.0. The van der Waals surface area contributed by atoms with Gasteiger partial charge in [-0.25, -0.2) is 9.97 Å². The fraction of sp³-hybridized carbons (Fsp3) is 0.375. The molecule has 0 radical (unpaired) electrons. The van der Waals surface area contributed by atoms with Gasteiger partial charge in [0.25, 0.3) is 0 Å². The first kappa shape index (κ1) is 15.1.